The highest BCUT2D eigenvalue weighted by atomic mass is 16.2. The number of nitrogens with zero attached hydrogens (tertiary/aromatic N) is 1. The van der Waals surface area contributed by atoms with Gasteiger partial charge in [0.05, 0.1) is 5.41 Å². The van der Waals surface area contributed by atoms with Gasteiger partial charge in [0, 0.05) is 23.7 Å². The highest BCUT2D eigenvalue weighted by Crippen LogP contribution is 2.27. The first-order valence-electron chi connectivity index (χ1n) is 6.39. The Morgan fingerprint density at radius 1 is 1.50 bits per heavy atom. The molecule has 5 nitrogen and oxygen atoms in total. The predicted molar refractivity (Wildman–Crippen MR) is 71.5 cm³/mol. The molecular weight excluding hydrogens is 228 g/mol. The molecule has 0 aromatic carbocycles. The molecular formula is C13H22N4O. The van der Waals surface area contributed by atoms with Crippen LogP contribution >= 0.6 is 0 Å². The number of rotatable bonds is 2. The van der Waals surface area contributed by atoms with Crippen LogP contribution in [0.25, 0.3) is 0 Å². The maximum atomic E-state index is 12.2. The van der Waals surface area contributed by atoms with Crippen molar-refractivity contribution in [1.82, 2.24) is 15.5 Å². The largest absolute Gasteiger partial charge is 0.316 e. The Hall–Kier alpha value is -1.36. The van der Waals surface area contributed by atoms with Crippen LogP contribution in [0.5, 0.6) is 0 Å². The maximum absolute atomic E-state index is 12.2. The number of nitrogens with one attached hydrogen (secondary N) is 3. The van der Waals surface area contributed by atoms with Crippen LogP contribution in [0.1, 0.15) is 39.8 Å². The molecule has 1 fully saturated rings. The molecule has 1 atom stereocenters. The van der Waals surface area contributed by atoms with Crippen molar-refractivity contribution in [1.29, 1.82) is 0 Å². The lowest BCUT2D eigenvalue weighted by molar-refractivity contribution is -0.123. The summed E-state index contributed by atoms with van der Waals surface area (Å²) in [6, 6.07) is 1.91. The van der Waals surface area contributed by atoms with E-state index in [9.17, 15) is 4.79 Å². The highest BCUT2D eigenvalue weighted by Gasteiger charge is 2.36. The molecule has 2 heterocycles. The second-order valence-electron chi connectivity index (χ2n) is 6.36. The van der Waals surface area contributed by atoms with Gasteiger partial charge in [-0.15, -0.1) is 0 Å². The van der Waals surface area contributed by atoms with Crippen molar-refractivity contribution in [2.24, 2.45) is 5.41 Å². The van der Waals surface area contributed by atoms with E-state index in [2.05, 4.69) is 41.6 Å². The molecule has 1 amide bonds. The van der Waals surface area contributed by atoms with Crippen LogP contribution in [0, 0.1) is 5.41 Å². The second kappa shape index (κ2) is 4.39. The number of H-pyrrole nitrogens is 1. The van der Waals surface area contributed by atoms with Crippen LogP contribution in [0.2, 0.25) is 0 Å². The molecule has 0 bridgehead atoms. The van der Waals surface area contributed by atoms with Gasteiger partial charge in [-0.05, 0) is 19.9 Å². The van der Waals surface area contributed by atoms with E-state index in [0.717, 1.165) is 25.2 Å². The topological polar surface area (TPSA) is 69.8 Å². The van der Waals surface area contributed by atoms with Crippen molar-refractivity contribution < 1.29 is 4.79 Å². The third-order valence-corrected chi connectivity index (χ3v) is 3.54. The van der Waals surface area contributed by atoms with Crippen LogP contribution in [0.3, 0.4) is 0 Å². The van der Waals surface area contributed by atoms with Crippen molar-refractivity contribution >= 4 is 11.7 Å². The average molecular weight is 250 g/mol. The Labute approximate surface area is 108 Å². The summed E-state index contributed by atoms with van der Waals surface area (Å²) >= 11 is 0. The van der Waals surface area contributed by atoms with Gasteiger partial charge in [0.25, 0.3) is 0 Å². The zero-order chi connectivity index (χ0) is 13.4. The first-order chi connectivity index (χ1) is 8.31. The molecule has 0 spiro atoms. The van der Waals surface area contributed by atoms with Gasteiger partial charge in [-0.1, -0.05) is 20.8 Å². The predicted octanol–water partition coefficient (Wildman–Crippen LogP) is 1.65. The summed E-state index contributed by atoms with van der Waals surface area (Å²) in [7, 11) is 0. The van der Waals surface area contributed by atoms with Gasteiger partial charge in [-0.2, -0.15) is 5.10 Å². The first-order valence-corrected chi connectivity index (χ1v) is 6.39. The van der Waals surface area contributed by atoms with Crippen LogP contribution in [-0.2, 0) is 10.2 Å². The summed E-state index contributed by atoms with van der Waals surface area (Å²) in [6.07, 6.45) is 0.870. The Morgan fingerprint density at radius 2 is 2.22 bits per heavy atom. The minimum Gasteiger partial charge on any atom is -0.316 e. The van der Waals surface area contributed by atoms with Crippen LogP contribution in [-0.4, -0.2) is 29.2 Å². The third kappa shape index (κ3) is 2.56. The van der Waals surface area contributed by atoms with E-state index < -0.39 is 0 Å². The minimum absolute atomic E-state index is 0.00872. The van der Waals surface area contributed by atoms with Crippen LogP contribution in [0.15, 0.2) is 6.07 Å². The summed E-state index contributed by atoms with van der Waals surface area (Å²) in [4.78, 5) is 12.2. The fraction of sp³-hybridized carbons (Fsp3) is 0.692. The smallest absolute Gasteiger partial charge is 0.232 e. The SMILES string of the molecule is CC1(C(=O)Nc2cc(C(C)(C)C)[nH]n2)CCNC1. The van der Waals surface area contributed by atoms with Gasteiger partial charge in [-0.3, -0.25) is 9.89 Å². The molecule has 5 heteroatoms. The van der Waals surface area contributed by atoms with Gasteiger partial charge in [0.15, 0.2) is 5.82 Å². The Kier molecular flexibility index (Phi) is 3.19. The number of carbonyl (C=O) groups excluding carboxylic acids is 1. The summed E-state index contributed by atoms with van der Waals surface area (Å²) in [5.74, 6) is 0.650. The Morgan fingerprint density at radius 3 is 2.72 bits per heavy atom. The van der Waals surface area contributed by atoms with Gasteiger partial charge in [-0.25, -0.2) is 0 Å². The molecule has 3 N–H and O–H groups in total. The fourth-order valence-corrected chi connectivity index (χ4v) is 2.05. The molecule has 1 aromatic rings. The van der Waals surface area contributed by atoms with Crippen molar-refractivity contribution in [2.75, 3.05) is 18.4 Å². The number of amides is 1. The minimum atomic E-state index is -0.319. The molecule has 1 saturated heterocycles. The number of hydrogen-bond acceptors (Lipinski definition) is 3. The zero-order valence-electron chi connectivity index (χ0n) is 11.6. The normalized spacial score (nSPS) is 24.2. The molecule has 1 aliphatic rings. The van der Waals surface area contributed by atoms with Crippen molar-refractivity contribution in [3.05, 3.63) is 11.8 Å². The number of anilines is 1. The van der Waals surface area contributed by atoms with E-state index in [0.29, 0.717) is 5.82 Å². The molecule has 100 valence electrons. The second-order valence-corrected chi connectivity index (χ2v) is 6.36. The lowest BCUT2D eigenvalue weighted by atomic mass is 9.89. The molecule has 18 heavy (non-hydrogen) atoms. The summed E-state index contributed by atoms with van der Waals surface area (Å²) in [5, 5.41) is 13.2. The summed E-state index contributed by atoms with van der Waals surface area (Å²) in [6.45, 7) is 9.93. The molecule has 0 aliphatic carbocycles. The summed E-state index contributed by atoms with van der Waals surface area (Å²) < 4.78 is 0. The average Bonchev–Trinajstić information content (AvgIpc) is 2.86. The van der Waals surface area contributed by atoms with Gasteiger partial charge >= 0.3 is 0 Å². The van der Waals surface area contributed by atoms with Crippen molar-refractivity contribution in [3.8, 4) is 0 Å². The molecule has 1 aromatic heterocycles. The number of carbonyl (C=O) groups is 1. The van der Waals surface area contributed by atoms with Gasteiger partial charge in [0.2, 0.25) is 5.91 Å². The number of aromatic amines is 1. The Balaban J connectivity index is 2.06. The van der Waals surface area contributed by atoms with Gasteiger partial charge < -0.3 is 10.6 Å². The molecule has 0 saturated carbocycles. The standard InChI is InChI=1S/C13H22N4O/c1-12(2,3)9-7-10(17-16-9)15-11(18)13(4)5-6-14-8-13/h7,14H,5-6,8H2,1-4H3,(H2,15,16,17,18). The van der Waals surface area contributed by atoms with E-state index in [-0.39, 0.29) is 16.7 Å². The molecule has 2 rings (SSSR count). The Bertz CT molecular complexity index is 438. The molecule has 1 aliphatic heterocycles. The van der Waals surface area contributed by atoms with Crippen LogP contribution in [0.4, 0.5) is 5.82 Å². The van der Waals surface area contributed by atoms with Crippen molar-refractivity contribution in [3.63, 3.8) is 0 Å². The van der Waals surface area contributed by atoms with Gasteiger partial charge in [0.1, 0.15) is 0 Å². The van der Waals surface area contributed by atoms with E-state index in [1.807, 2.05) is 13.0 Å². The van der Waals surface area contributed by atoms with E-state index in [1.54, 1.807) is 0 Å². The number of aromatic nitrogens is 2. The number of hydrogen-bond donors (Lipinski definition) is 3. The highest BCUT2D eigenvalue weighted by molar-refractivity contribution is 5.94. The molecule has 0 radical (unpaired) electrons. The summed E-state index contributed by atoms with van der Waals surface area (Å²) in [5.41, 5.74) is 0.711. The zero-order valence-corrected chi connectivity index (χ0v) is 11.6. The molecule has 1 unspecified atom stereocenters. The van der Waals surface area contributed by atoms with Crippen LogP contribution < -0.4 is 10.6 Å². The fourth-order valence-electron chi connectivity index (χ4n) is 2.05. The van der Waals surface area contributed by atoms with Crippen molar-refractivity contribution in [2.45, 2.75) is 39.5 Å². The lowest BCUT2D eigenvalue weighted by Crippen LogP contribution is -2.35. The first kappa shape index (κ1) is 13.1. The lowest BCUT2D eigenvalue weighted by Gasteiger charge is -2.20. The maximum Gasteiger partial charge on any atom is 0.232 e. The van der Waals surface area contributed by atoms with E-state index in [1.165, 1.54) is 0 Å². The van der Waals surface area contributed by atoms with E-state index >= 15 is 0 Å². The quantitative estimate of drug-likeness (QED) is 0.747. The third-order valence-electron chi connectivity index (χ3n) is 3.54. The monoisotopic (exact) mass is 250 g/mol. The van der Waals surface area contributed by atoms with E-state index in [4.69, 9.17) is 0 Å².